The molecule has 0 aliphatic carbocycles. The smallest absolute Gasteiger partial charge is 0.263 e. The molecule has 182 valence electrons. The van der Waals surface area contributed by atoms with Crippen LogP contribution in [0, 0.1) is 13.8 Å². The van der Waals surface area contributed by atoms with Crippen molar-refractivity contribution in [3.8, 4) is 5.69 Å². The van der Waals surface area contributed by atoms with Gasteiger partial charge in [0.05, 0.1) is 27.3 Å². The van der Waals surface area contributed by atoms with Gasteiger partial charge < -0.3 is 4.90 Å². The largest absolute Gasteiger partial charge is 0.352 e. The molecule has 0 radical (unpaired) electrons. The van der Waals surface area contributed by atoms with Crippen LogP contribution in [0.1, 0.15) is 17.0 Å². The van der Waals surface area contributed by atoms with Crippen LogP contribution in [0.25, 0.3) is 16.7 Å². The summed E-state index contributed by atoms with van der Waals surface area (Å²) in [6, 6.07) is 25.9. The third kappa shape index (κ3) is 4.78. The Labute approximate surface area is 210 Å². The molecule has 0 bridgehead atoms. The van der Waals surface area contributed by atoms with Gasteiger partial charge in [-0.3, -0.25) is 4.72 Å². The lowest BCUT2D eigenvalue weighted by Crippen LogP contribution is -2.22. The molecule has 1 N–H and O–H groups in total. The standard InChI is InChI=1S/C27H26N6O2S/c1-19-17-20(2)33(30-19)22-13-15-23(16-14-22)36(34,35)31-26-27(29-25-12-8-7-11-24(25)28-26)32(3)18-21-9-5-4-6-10-21/h4-17H,18H2,1-3H3,(H,28,31). The molecule has 8 nitrogen and oxygen atoms in total. The van der Waals surface area contributed by atoms with Gasteiger partial charge in [0.1, 0.15) is 0 Å². The third-order valence-electron chi connectivity index (χ3n) is 5.81. The maximum Gasteiger partial charge on any atom is 0.263 e. The van der Waals surface area contributed by atoms with E-state index >= 15 is 0 Å². The topological polar surface area (TPSA) is 93.0 Å². The summed E-state index contributed by atoms with van der Waals surface area (Å²) in [5, 5.41) is 4.46. The van der Waals surface area contributed by atoms with Gasteiger partial charge in [-0.1, -0.05) is 42.5 Å². The number of nitrogens with zero attached hydrogens (tertiary/aromatic N) is 5. The molecule has 0 aliphatic rings. The second-order valence-electron chi connectivity index (χ2n) is 8.66. The van der Waals surface area contributed by atoms with Crippen LogP contribution in [0.4, 0.5) is 11.6 Å². The van der Waals surface area contributed by atoms with Crippen LogP contribution in [0.5, 0.6) is 0 Å². The molecule has 5 aromatic rings. The minimum atomic E-state index is -3.92. The van der Waals surface area contributed by atoms with Gasteiger partial charge >= 0.3 is 0 Å². The highest BCUT2D eigenvalue weighted by Gasteiger charge is 2.21. The van der Waals surface area contributed by atoms with E-state index in [2.05, 4.69) is 14.8 Å². The fourth-order valence-corrected chi connectivity index (χ4v) is 5.10. The molecular weight excluding hydrogens is 472 g/mol. The predicted octanol–water partition coefficient (Wildman–Crippen LogP) is 4.87. The molecule has 0 unspecified atom stereocenters. The fraction of sp³-hybridized carbons (Fsp3) is 0.148. The van der Waals surface area contributed by atoms with Gasteiger partial charge in [0.15, 0.2) is 11.6 Å². The summed E-state index contributed by atoms with van der Waals surface area (Å²) >= 11 is 0. The van der Waals surface area contributed by atoms with Crippen LogP contribution in [-0.4, -0.2) is 35.2 Å². The van der Waals surface area contributed by atoms with Crippen LogP contribution >= 0.6 is 0 Å². The van der Waals surface area contributed by atoms with Gasteiger partial charge in [-0.25, -0.2) is 23.1 Å². The summed E-state index contributed by atoms with van der Waals surface area (Å²) in [7, 11) is -2.06. The number of nitrogens with one attached hydrogen (secondary N) is 1. The van der Waals surface area contributed by atoms with Gasteiger partial charge in [0, 0.05) is 19.3 Å². The summed E-state index contributed by atoms with van der Waals surface area (Å²) in [5.41, 5.74) is 5.01. The van der Waals surface area contributed by atoms with Crippen molar-refractivity contribution in [2.45, 2.75) is 25.3 Å². The Kier molecular flexibility index (Phi) is 6.15. The van der Waals surface area contributed by atoms with Gasteiger partial charge in [0.2, 0.25) is 0 Å². The average Bonchev–Trinajstić information content (AvgIpc) is 3.21. The van der Waals surface area contributed by atoms with E-state index in [1.807, 2.05) is 86.5 Å². The summed E-state index contributed by atoms with van der Waals surface area (Å²) < 4.78 is 31.2. The first-order valence-electron chi connectivity index (χ1n) is 11.5. The zero-order valence-electron chi connectivity index (χ0n) is 20.3. The molecule has 0 amide bonds. The third-order valence-corrected chi connectivity index (χ3v) is 7.16. The van der Waals surface area contributed by atoms with Crippen molar-refractivity contribution in [1.82, 2.24) is 19.7 Å². The van der Waals surface area contributed by atoms with Gasteiger partial charge in [-0.2, -0.15) is 5.10 Å². The number of rotatable bonds is 7. The zero-order chi connectivity index (χ0) is 25.3. The van der Waals surface area contributed by atoms with Gasteiger partial charge in [0.25, 0.3) is 10.0 Å². The van der Waals surface area contributed by atoms with E-state index in [0.29, 0.717) is 23.4 Å². The highest BCUT2D eigenvalue weighted by molar-refractivity contribution is 7.92. The Morgan fingerprint density at radius 3 is 2.14 bits per heavy atom. The molecule has 0 fully saturated rings. The first kappa shape index (κ1) is 23.5. The fourth-order valence-electron chi connectivity index (χ4n) is 4.10. The lowest BCUT2D eigenvalue weighted by molar-refractivity contribution is 0.601. The molecule has 0 aliphatic heterocycles. The highest BCUT2D eigenvalue weighted by Crippen LogP contribution is 2.28. The normalized spacial score (nSPS) is 11.5. The molecule has 2 heterocycles. The van der Waals surface area contributed by atoms with Crippen molar-refractivity contribution in [3.63, 3.8) is 0 Å². The highest BCUT2D eigenvalue weighted by atomic mass is 32.2. The van der Waals surface area contributed by atoms with E-state index in [0.717, 1.165) is 22.6 Å². The Morgan fingerprint density at radius 2 is 1.50 bits per heavy atom. The van der Waals surface area contributed by atoms with Crippen molar-refractivity contribution >= 4 is 32.7 Å². The van der Waals surface area contributed by atoms with Crippen molar-refractivity contribution in [2.24, 2.45) is 0 Å². The maximum absolute atomic E-state index is 13.4. The molecule has 0 spiro atoms. The molecule has 36 heavy (non-hydrogen) atoms. The Bertz CT molecular complexity index is 1630. The predicted molar refractivity (Wildman–Crippen MR) is 142 cm³/mol. The van der Waals surface area contributed by atoms with Crippen molar-refractivity contribution in [3.05, 3.63) is 102 Å². The number of fused-ring (bicyclic) bond motifs is 1. The summed E-state index contributed by atoms with van der Waals surface area (Å²) in [6.45, 7) is 4.42. The second kappa shape index (κ2) is 9.43. The lowest BCUT2D eigenvalue weighted by Gasteiger charge is -2.22. The van der Waals surface area contributed by atoms with E-state index in [-0.39, 0.29) is 10.7 Å². The van der Waals surface area contributed by atoms with E-state index in [4.69, 9.17) is 4.98 Å². The summed E-state index contributed by atoms with van der Waals surface area (Å²) in [4.78, 5) is 11.4. The molecular formula is C27H26N6O2S. The van der Waals surface area contributed by atoms with Gasteiger partial charge in [-0.15, -0.1) is 0 Å². The first-order valence-corrected chi connectivity index (χ1v) is 13.0. The van der Waals surface area contributed by atoms with Crippen molar-refractivity contribution in [2.75, 3.05) is 16.7 Å². The molecule has 0 saturated carbocycles. The summed E-state index contributed by atoms with van der Waals surface area (Å²) in [5.74, 6) is 0.621. The number of para-hydroxylation sites is 2. The number of hydrogen-bond donors (Lipinski definition) is 1. The monoisotopic (exact) mass is 498 g/mol. The second-order valence-corrected chi connectivity index (χ2v) is 10.3. The Balaban J connectivity index is 1.49. The van der Waals surface area contributed by atoms with Crippen LogP contribution in [0.3, 0.4) is 0 Å². The number of aromatic nitrogens is 4. The number of sulfonamides is 1. The van der Waals surface area contributed by atoms with Crippen molar-refractivity contribution in [1.29, 1.82) is 0 Å². The van der Waals surface area contributed by atoms with Crippen LogP contribution in [0.2, 0.25) is 0 Å². The Morgan fingerprint density at radius 1 is 0.861 bits per heavy atom. The van der Waals surface area contributed by atoms with E-state index < -0.39 is 10.0 Å². The average molecular weight is 499 g/mol. The number of benzene rings is 3. The van der Waals surface area contributed by atoms with Crippen LogP contribution in [0.15, 0.2) is 89.8 Å². The molecule has 0 atom stereocenters. The molecule has 9 heteroatoms. The SMILES string of the molecule is Cc1cc(C)n(-c2ccc(S(=O)(=O)Nc3nc4ccccc4nc3N(C)Cc3ccccc3)cc2)n1. The van der Waals surface area contributed by atoms with Crippen LogP contribution < -0.4 is 9.62 Å². The quantitative estimate of drug-likeness (QED) is 0.344. The van der Waals surface area contributed by atoms with Crippen molar-refractivity contribution < 1.29 is 8.42 Å². The summed E-state index contributed by atoms with van der Waals surface area (Å²) in [6.07, 6.45) is 0. The first-order chi connectivity index (χ1) is 17.3. The van der Waals surface area contributed by atoms with E-state index in [1.54, 1.807) is 28.9 Å². The lowest BCUT2D eigenvalue weighted by atomic mass is 10.2. The Hall–Kier alpha value is -4.24. The van der Waals surface area contributed by atoms with E-state index in [9.17, 15) is 8.42 Å². The maximum atomic E-state index is 13.4. The molecule has 5 rings (SSSR count). The van der Waals surface area contributed by atoms with Gasteiger partial charge in [-0.05, 0) is 61.9 Å². The molecule has 3 aromatic carbocycles. The number of hydrogen-bond acceptors (Lipinski definition) is 6. The minimum absolute atomic E-state index is 0.124. The number of anilines is 2. The van der Waals surface area contributed by atoms with E-state index in [1.165, 1.54) is 0 Å². The van der Waals surface area contributed by atoms with Crippen LogP contribution in [-0.2, 0) is 16.6 Å². The molecule has 2 aromatic heterocycles. The zero-order valence-corrected chi connectivity index (χ0v) is 21.1. The minimum Gasteiger partial charge on any atom is -0.352 e. The number of aryl methyl sites for hydroxylation is 2. The molecule has 0 saturated heterocycles.